The molecule has 258 valence electrons. The fraction of sp³-hybridized carbons (Fsp3) is 0.103. The maximum Gasteiger partial charge on any atom is 0.272 e. The second-order valence-corrected chi connectivity index (χ2v) is 12.3. The molecule has 0 saturated carbocycles. The minimum absolute atomic E-state index is 0.0534. The fourth-order valence-electron chi connectivity index (χ4n) is 5.06. The molecule has 1 atom stereocenters. The minimum atomic E-state index is -0.753. The zero-order valence-corrected chi connectivity index (χ0v) is 28.7. The summed E-state index contributed by atoms with van der Waals surface area (Å²) in [5.41, 5.74) is 2.78. The van der Waals surface area contributed by atoms with Gasteiger partial charge in [-0.15, -0.1) is 11.8 Å². The van der Waals surface area contributed by atoms with Gasteiger partial charge in [0.15, 0.2) is 11.5 Å². The molecule has 0 aromatic heterocycles. The molecule has 0 spiro atoms. The predicted molar refractivity (Wildman–Crippen MR) is 198 cm³/mol. The van der Waals surface area contributed by atoms with Crippen LogP contribution in [0.1, 0.15) is 32.3 Å². The first-order valence-electron chi connectivity index (χ1n) is 15.6. The summed E-state index contributed by atoms with van der Waals surface area (Å²) in [4.78, 5) is 52.3. The number of para-hydroxylation sites is 1. The third kappa shape index (κ3) is 9.19. The Labute approximate surface area is 298 Å². The molecule has 0 aliphatic heterocycles. The van der Waals surface area contributed by atoms with Crippen molar-refractivity contribution in [1.82, 2.24) is 5.32 Å². The number of thioether (sulfide) groups is 1. The van der Waals surface area contributed by atoms with E-state index in [1.807, 2.05) is 30.3 Å². The summed E-state index contributed by atoms with van der Waals surface area (Å²) in [6.07, 6.45) is 1.50. The van der Waals surface area contributed by atoms with Crippen LogP contribution in [-0.4, -0.2) is 36.9 Å². The minimum Gasteiger partial charge on any atom is -0.493 e. The van der Waals surface area contributed by atoms with Crippen molar-refractivity contribution < 1.29 is 28.8 Å². The van der Waals surface area contributed by atoms with E-state index in [9.17, 15) is 24.5 Å². The average molecular weight is 703 g/mol. The van der Waals surface area contributed by atoms with Gasteiger partial charge >= 0.3 is 0 Å². The number of benzene rings is 5. The first-order chi connectivity index (χ1) is 24.7. The zero-order chi connectivity index (χ0) is 36.3. The monoisotopic (exact) mass is 702 g/mol. The van der Waals surface area contributed by atoms with Crippen LogP contribution in [0.15, 0.2) is 132 Å². The highest BCUT2D eigenvalue weighted by atomic mass is 32.2. The number of carbonyl (C=O) groups is 3. The van der Waals surface area contributed by atoms with Gasteiger partial charge in [0, 0.05) is 33.8 Å². The van der Waals surface area contributed by atoms with E-state index in [1.165, 1.54) is 44.2 Å². The van der Waals surface area contributed by atoms with Crippen molar-refractivity contribution in [2.75, 3.05) is 24.9 Å². The number of hydrogen-bond donors (Lipinski definition) is 3. The highest BCUT2D eigenvalue weighted by Crippen LogP contribution is 2.38. The summed E-state index contributed by atoms with van der Waals surface area (Å²) >= 11 is 1.24. The molecule has 0 radical (unpaired) electrons. The maximum absolute atomic E-state index is 13.8. The number of ether oxygens (including phenoxy) is 2. The molecular weight excluding hydrogens is 669 g/mol. The lowest BCUT2D eigenvalue weighted by molar-refractivity contribution is -0.384. The molecule has 0 bridgehead atoms. The Morgan fingerprint density at radius 3 is 2.20 bits per heavy atom. The molecule has 3 N–H and O–H groups in total. The van der Waals surface area contributed by atoms with Crippen molar-refractivity contribution in [3.63, 3.8) is 0 Å². The summed E-state index contributed by atoms with van der Waals surface area (Å²) in [5, 5.41) is 19.1. The number of non-ortho nitro benzene ring substituents is 1. The number of methoxy groups -OCH3 is 2. The lowest BCUT2D eigenvalue weighted by Gasteiger charge is -2.18. The Hall–Kier alpha value is -6.40. The Kier molecular flexibility index (Phi) is 11.8. The van der Waals surface area contributed by atoms with Gasteiger partial charge in [0.25, 0.3) is 17.5 Å². The van der Waals surface area contributed by atoms with Gasteiger partial charge in [-0.25, -0.2) is 0 Å². The lowest BCUT2D eigenvalue weighted by atomic mass is 10.1. The van der Waals surface area contributed by atoms with E-state index in [0.717, 1.165) is 0 Å². The summed E-state index contributed by atoms with van der Waals surface area (Å²) in [6.45, 7) is 1.76. The Bertz CT molecular complexity index is 2090. The summed E-state index contributed by atoms with van der Waals surface area (Å²) in [7, 11) is 2.98. The number of anilines is 2. The van der Waals surface area contributed by atoms with Gasteiger partial charge in [-0.3, -0.25) is 24.5 Å². The molecule has 11 nitrogen and oxygen atoms in total. The van der Waals surface area contributed by atoms with E-state index in [2.05, 4.69) is 16.0 Å². The molecule has 12 heteroatoms. The molecule has 5 aromatic carbocycles. The Morgan fingerprint density at radius 1 is 0.804 bits per heavy atom. The number of amides is 3. The van der Waals surface area contributed by atoms with Gasteiger partial charge < -0.3 is 25.4 Å². The highest BCUT2D eigenvalue weighted by molar-refractivity contribution is 8.00. The van der Waals surface area contributed by atoms with Crippen LogP contribution in [0.5, 0.6) is 11.5 Å². The van der Waals surface area contributed by atoms with Crippen LogP contribution in [0.3, 0.4) is 0 Å². The number of nitro benzene ring substituents is 1. The Balaban J connectivity index is 1.42. The number of aryl methyl sites for hydroxylation is 1. The van der Waals surface area contributed by atoms with Crippen molar-refractivity contribution in [3.8, 4) is 11.5 Å². The standard InChI is InChI=1S/C39H34N4O7S/c1-25-20-21-30(43(47)48)24-32(25)41-39(46)36(26-12-6-4-7-13-26)51-31-18-11-17-29(23-31)40-38(45)33(42-37(44)27-14-8-5-9-15-27)22-28-16-10-19-34(49-2)35(28)50-3/h4-24,36H,1-3H3,(H,40,45)(H,41,46)(H,42,44)/b33-22+. The topological polar surface area (TPSA) is 149 Å². The van der Waals surface area contributed by atoms with Crippen molar-refractivity contribution >= 4 is 52.6 Å². The zero-order valence-electron chi connectivity index (χ0n) is 27.9. The molecule has 0 heterocycles. The van der Waals surface area contributed by atoms with E-state index in [1.54, 1.807) is 85.8 Å². The number of nitrogens with one attached hydrogen (secondary N) is 3. The van der Waals surface area contributed by atoms with Crippen LogP contribution in [-0.2, 0) is 9.59 Å². The number of carbonyl (C=O) groups excluding carboxylic acids is 3. The smallest absolute Gasteiger partial charge is 0.272 e. The maximum atomic E-state index is 13.8. The molecule has 5 aromatic rings. The average Bonchev–Trinajstić information content (AvgIpc) is 3.14. The molecule has 0 saturated heterocycles. The molecule has 0 fully saturated rings. The third-order valence-electron chi connectivity index (χ3n) is 7.64. The second-order valence-electron chi connectivity index (χ2n) is 11.1. The number of nitrogens with zero attached hydrogens (tertiary/aromatic N) is 1. The van der Waals surface area contributed by atoms with Crippen LogP contribution in [0.2, 0.25) is 0 Å². The van der Waals surface area contributed by atoms with Gasteiger partial charge in [-0.05, 0) is 60.5 Å². The summed E-state index contributed by atoms with van der Waals surface area (Å²) in [5.74, 6) is -0.653. The normalized spacial score (nSPS) is 11.5. The van der Waals surface area contributed by atoms with Crippen molar-refractivity contribution in [2.45, 2.75) is 17.1 Å². The van der Waals surface area contributed by atoms with E-state index in [-0.39, 0.29) is 17.3 Å². The number of rotatable bonds is 13. The molecule has 3 amide bonds. The quantitative estimate of drug-likeness (QED) is 0.0487. The number of nitro groups is 1. The Morgan fingerprint density at radius 2 is 1.51 bits per heavy atom. The van der Waals surface area contributed by atoms with Gasteiger partial charge in [0.2, 0.25) is 5.91 Å². The molecule has 5 rings (SSSR count). The van der Waals surface area contributed by atoms with E-state index in [0.29, 0.717) is 50.0 Å². The summed E-state index contributed by atoms with van der Waals surface area (Å²) in [6, 6.07) is 34.1. The molecule has 51 heavy (non-hydrogen) atoms. The van der Waals surface area contributed by atoms with Crippen LogP contribution in [0, 0.1) is 17.0 Å². The third-order valence-corrected chi connectivity index (χ3v) is 8.89. The molecule has 0 aliphatic rings. The predicted octanol–water partition coefficient (Wildman–Crippen LogP) is 7.80. The van der Waals surface area contributed by atoms with Gasteiger partial charge in [0.05, 0.1) is 24.8 Å². The SMILES string of the molecule is COc1cccc(/C=C(/NC(=O)c2ccccc2)C(=O)Nc2cccc(SC(C(=O)Nc3cc([N+](=O)[O-])ccc3C)c3ccccc3)c2)c1OC. The van der Waals surface area contributed by atoms with Gasteiger partial charge in [-0.1, -0.05) is 72.8 Å². The molecular formula is C39H34N4O7S. The lowest BCUT2D eigenvalue weighted by Crippen LogP contribution is -2.30. The van der Waals surface area contributed by atoms with Gasteiger partial charge in [-0.2, -0.15) is 0 Å². The van der Waals surface area contributed by atoms with E-state index in [4.69, 9.17) is 9.47 Å². The van der Waals surface area contributed by atoms with Crippen LogP contribution < -0.4 is 25.4 Å². The first kappa shape index (κ1) is 35.9. The van der Waals surface area contributed by atoms with Crippen molar-refractivity contribution in [2.24, 2.45) is 0 Å². The number of hydrogen-bond acceptors (Lipinski definition) is 8. The van der Waals surface area contributed by atoms with E-state index >= 15 is 0 Å². The van der Waals surface area contributed by atoms with Crippen LogP contribution >= 0.6 is 11.8 Å². The fourth-order valence-corrected chi connectivity index (χ4v) is 6.15. The summed E-state index contributed by atoms with van der Waals surface area (Å²) < 4.78 is 11.0. The highest BCUT2D eigenvalue weighted by Gasteiger charge is 2.24. The van der Waals surface area contributed by atoms with Crippen LogP contribution in [0.4, 0.5) is 17.1 Å². The van der Waals surface area contributed by atoms with Gasteiger partial charge in [0.1, 0.15) is 10.9 Å². The molecule has 0 aliphatic carbocycles. The largest absolute Gasteiger partial charge is 0.493 e. The van der Waals surface area contributed by atoms with Crippen molar-refractivity contribution in [1.29, 1.82) is 0 Å². The van der Waals surface area contributed by atoms with Crippen molar-refractivity contribution in [3.05, 3.63) is 159 Å². The molecule has 1 unspecified atom stereocenters. The van der Waals surface area contributed by atoms with E-state index < -0.39 is 22.0 Å². The first-order valence-corrected chi connectivity index (χ1v) is 16.5. The second kappa shape index (κ2) is 16.8. The van der Waals surface area contributed by atoms with Crippen LogP contribution in [0.25, 0.3) is 6.08 Å².